The molecule has 1 N–H and O–H groups in total. The van der Waals surface area contributed by atoms with Crippen LogP contribution >= 0.6 is 11.6 Å². The summed E-state index contributed by atoms with van der Waals surface area (Å²) in [6.45, 7) is 0. The second kappa shape index (κ2) is 3.49. The zero-order valence-corrected chi connectivity index (χ0v) is 8.39. The Hall–Kier alpha value is -2.08. The first-order chi connectivity index (χ1) is 7.50. The number of carboxylic acids is 1. The molecule has 2 aromatic rings. The topological polar surface area (TPSA) is 93.6 Å². The third kappa shape index (κ3) is 1.49. The van der Waals surface area contributed by atoms with Crippen LogP contribution in [0.25, 0.3) is 11.0 Å². The number of hydrogen-bond donors (Lipinski definition) is 1. The number of nitro benzene ring substituents is 1. The fourth-order valence-corrected chi connectivity index (χ4v) is 1.58. The zero-order chi connectivity index (χ0) is 11.9. The highest BCUT2D eigenvalue weighted by Crippen LogP contribution is 2.32. The number of hydrogen-bond acceptors (Lipinski definition) is 4. The van der Waals surface area contributed by atoms with E-state index in [2.05, 4.69) is 0 Å². The lowest BCUT2D eigenvalue weighted by Gasteiger charge is -1.89. The third-order valence-corrected chi connectivity index (χ3v) is 2.39. The van der Waals surface area contributed by atoms with Crippen LogP contribution in [-0.4, -0.2) is 16.0 Å². The maximum Gasteiger partial charge on any atom is 0.373 e. The summed E-state index contributed by atoms with van der Waals surface area (Å²) in [7, 11) is 0. The summed E-state index contributed by atoms with van der Waals surface area (Å²) in [5, 5.41) is 19.5. The van der Waals surface area contributed by atoms with Crippen LogP contribution in [0.1, 0.15) is 10.6 Å². The number of halogens is 1. The first-order valence-corrected chi connectivity index (χ1v) is 4.48. The molecule has 0 saturated heterocycles. The average Bonchev–Trinajstić information content (AvgIpc) is 2.55. The fourth-order valence-electron chi connectivity index (χ4n) is 1.30. The Morgan fingerprint density at radius 3 is 2.75 bits per heavy atom. The van der Waals surface area contributed by atoms with E-state index in [1.54, 1.807) is 0 Å². The Balaban J connectivity index is 2.72. The number of nitrogens with zero attached hydrogens (tertiary/aromatic N) is 1. The number of aromatic carboxylic acids is 1. The SMILES string of the molecule is O=C(O)c1oc2cc([N+](=O)[O-])ccc2c1Cl. The van der Waals surface area contributed by atoms with E-state index in [1.807, 2.05) is 0 Å². The standard InChI is InChI=1S/C9H4ClNO5/c10-7-5-2-1-4(11(14)15)3-6(5)16-8(7)9(12)13/h1-3H,(H,12,13). The molecule has 0 bridgehead atoms. The fraction of sp³-hybridized carbons (Fsp3) is 0. The van der Waals surface area contributed by atoms with Crippen molar-refractivity contribution in [3.05, 3.63) is 39.1 Å². The Labute approximate surface area is 93.2 Å². The number of fused-ring (bicyclic) bond motifs is 1. The molecule has 0 unspecified atom stereocenters. The van der Waals surface area contributed by atoms with E-state index in [1.165, 1.54) is 12.1 Å². The van der Waals surface area contributed by atoms with Gasteiger partial charge in [0.1, 0.15) is 10.6 Å². The largest absolute Gasteiger partial charge is 0.475 e. The summed E-state index contributed by atoms with van der Waals surface area (Å²) in [6, 6.07) is 3.72. The smallest absolute Gasteiger partial charge is 0.373 e. The normalized spacial score (nSPS) is 10.6. The first-order valence-electron chi connectivity index (χ1n) is 4.10. The molecule has 2 rings (SSSR count). The van der Waals surface area contributed by atoms with Gasteiger partial charge in [0.25, 0.3) is 5.69 Å². The third-order valence-electron chi connectivity index (χ3n) is 2.02. The van der Waals surface area contributed by atoms with Crippen molar-refractivity contribution in [1.82, 2.24) is 0 Å². The molecule has 0 atom stereocenters. The van der Waals surface area contributed by atoms with E-state index < -0.39 is 16.7 Å². The second-order valence-electron chi connectivity index (χ2n) is 2.99. The van der Waals surface area contributed by atoms with Gasteiger partial charge in [-0.15, -0.1) is 0 Å². The number of nitro groups is 1. The molecule has 82 valence electrons. The molecule has 16 heavy (non-hydrogen) atoms. The number of non-ortho nitro benzene ring substituents is 1. The number of furan rings is 1. The Morgan fingerprint density at radius 2 is 2.19 bits per heavy atom. The minimum atomic E-state index is -1.32. The molecular weight excluding hydrogens is 238 g/mol. The maximum absolute atomic E-state index is 10.7. The molecule has 7 heteroatoms. The predicted octanol–water partition coefficient (Wildman–Crippen LogP) is 2.69. The second-order valence-corrected chi connectivity index (χ2v) is 3.37. The zero-order valence-electron chi connectivity index (χ0n) is 7.64. The summed E-state index contributed by atoms with van der Waals surface area (Å²) < 4.78 is 4.92. The molecule has 1 heterocycles. The molecule has 0 radical (unpaired) electrons. The lowest BCUT2D eigenvalue weighted by Crippen LogP contribution is -1.93. The first kappa shape index (κ1) is 10.4. The van der Waals surface area contributed by atoms with Crippen molar-refractivity contribution < 1.29 is 19.2 Å². The Bertz CT molecular complexity index is 603. The summed E-state index contributed by atoms with van der Waals surface area (Å²) in [6.07, 6.45) is 0. The average molecular weight is 242 g/mol. The number of rotatable bonds is 2. The van der Waals surface area contributed by atoms with E-state index in [0.29, 0.717) is 5.39 Å². The summed E-state index contributed by atoms with van der Waals surface area (Å²) in [5.41, 5.74) is -0.105. The van der Waals surface area contributed by atoms with Crippen LogP contribution in [0.4, 0.5) is 5.69 Å². The van der Waals surface area contributed by atoms with Gasteiger partial charge in [0.2, 0.25) is 5.76 Å². The van der Waals surface area contributed by atoms with Crippen molar-refractivity contribution in [3.8, 4) is 0 Å². The molecule has 0 aliphatic carbocycles. The van der Waals surface area contributed by atoms with Crippen molar-refractivity contribution in [1.29, 1.82) is 0 Å². The van der Waals surface area contributed by atoms with Crippen molar-refractivity contribution in [2.24, 2.45) is 0 Å². The van der Waals surface area contributed by atoms with Gasteiger partial charge >= 0.3 is 5.97 Å². The lowest BCUT2D eigenvalue weighted by atomic mass is 10.2. The van der Waals surface area contributed by atoms with Gasteiger partial charge in [-0.25, -0.2) is 4.79 Å². The van der Waals surface area contributed by atoms with Crippen LogP contribution in [0.3, 0.4) is 0 Å². The van der Waals surface area contributed by atoms with Gasteiger partial charge in [0, 0.05) is 11.5 Å². The van der Waals surface area contributed by atoms with Gasteiger partial charge < -0.3 is 9.52 Å². The predicted molar refractivity (Wildman–Crippen MR) is 54.8 cm³/mol. The van der Waals surface area contributed by atoms with Gasteiger partial charge in [-0.1, -0.05) is 11.6 Å². The molecule has 0 aliphatic heterocycles. The highest BCUT2D eigenvalue weighted by atomic mass is 35.5. The van der Waals surface area contributed by atoms with Crippen LogP contribution in [0.5, 0.6) is 0 Å². The summed E-state index contributed by atoms with van der Waals surface area (Å²) >= 11 is 5.74. The Kier molecular flexibility index (Phi) is 2.28. The molecule has 0 fully saturated rings. The molecule has 0 saturated carbocycles. The molecule has 1 aromatic carbocycles. The summed E-state index contributed by atoms with van der Waals surface area (Å²) in [5.74, 6) is -1.74. The van der Waals surface area contributed by atoms with Gasteiger partial charge in [0.15, 0.2) is 0 Å². The molecule has 1 aromatic heterocycles. The van der Waals surface area contributed by atoms with E-state index in [4.69, 9.17) is 21.1 Å². The molecule has 6 nitrogen and oxygen atoms in total. The van der Waals surface area contributed by atoms with E-state index in [0.717, 1.165) is 6.07 Å². The van der Waals surface area contributed by atoms with Crippen LogP contribution in [0, 0.1) is 10.1 Å². The van der Waals surface area contributed by atoms with Crippen molar-refractivity contribution in [2.75, 3.05) is 0 Å². The van der Waals surface area contributed by atoms with Gasteiger partial charge in [-0.2, -0.15) is 0 Å². The molecule has 0 amide bonds. The quantitative estimate of drug-likeness (QED) is 0.644. The minimum Gasteiger partial charge on any atom is -0.475 e. The van der Waals surface area contributed by atoms with Crippen LogP contribution in [-0.2, 0) is 0 Å². The highest BCUT2D eigenvalue weighted by molar-refractivity contribution is 6.38. The Morgan fingerprint density at radius 1 is 1.50 bits per heavy atom. The highest BCUT2D eigenvalue weighted by Gasteiger charge is 2.20. The monoisotopic (exact) mass is 241 g/mol. The molecule has 0 spiro atoms. The van der Waals surface area contributed by atoms with E-state index >= 15 is 0 Å². The number of benzene rings is 1. The van der Waals surface area contributed by atoms with Crippen LogP contribution in [0.15, 0.2) is 22.6 Å². The van der Waals surface area contributed by atoms with E-state index in [-0.39, 0.29) is 16.3 Å². The lowest BCUT2D eigenvalue weighted by molar-refractivity contribution is -0.384. The van der Waals surface area contributed by atoms with Crippen molar-refractivity contribution >= 4 is 34.2 Å². The van der Waals surface area contributed by atoms with Gasteiger partial charge in [-0.3, -0.25) is 10.1 Å². The number of carbonyl (C=O) groups is 1. The van der Waals surface area contributed by atoms with Gasteiger partial charge in [0.05, 0.1) is 11.0 Å². The van der Waals surface area contributed by atoms with E-state index in [9.17, 15) is 14.9 Å². The molecule has 0 aliphatic rings. The van der Waals surface area contributed by atoms with Crippen LogP contribution in [0.2, 0.25) is 5.02 Å². The van der Waals surface area contributed by atoms with Crippen LogP contribution < -0.4 is 0 Å². The summed E-state index contributed by atoms with van der Waals surface area (Å²) in [4.78, 5) is 20.6. The molecular formula is C9H4ClNO5. The number of carboxylic acid groups (broad SMARTS) is 1. The van der Waals surface area contributed by atoms with Crippen molar-refractivity contribution in [2.45, 2.75) is 0 Å². The minimum absolute atomic E-state index is 0.0580. The maximum atomic E-state index is 10.7. The van der Waals surface area contributed by atoms with Crippen molar-refractivity contribution in [3.63, 3.8) is 0 Å². The van der Waals surface area contributed by atoms with Gasteiger partial charge in [-0.05, 0) is 6.07 Å².